The van der Waals surface area contributed by atoms with Crippen LogP contribution in [-0.2, 0) is 11.4 Å². The second-order valence-electron chi connectivity index (χ2n) is 7.16. The van der Waals surface area contributed by atoms with Crippen LogP contribution in [0.5, 0.6) is 5.75 Å². The first-order valence-corrected chi connectivity index (χ1v) is 11.6. The summed E-state index contributed by atoms with van der Waals surface area (Å²) in [5.41, 5.74) is 3.21. The van der Waals surface area contributed by atoms with Gasteiger partial charge in [-0.3, -0.25) is 9.69 Å². The van der Waals surface area contributed by atoms with Crippen LogP contribution in [0.4, 0.5) is 5.13 Å². The van der Waals surface area contributed by atoms with Gasteiger partial charge in [-0.05, 0) is 54.9 Å². The predicted octanol–water partition coefficient (Wildman–Crippen LogP) is 5.52. The van der Waals surface area contributed by atoms with Crippen LogP contribution in [0.15, 0.2) is 71.1 Å². The summed E-state index contributed by atoms with van der Waals surface area (Å²) in [6.07, 6.45) is 3.54. The van der Waals surface area contributed by atoms with Gasteiger partial charge in [0.05, 0.1) is 4.91 Å². The van der Waals surface area contributed by atoms with E-state index in [1.165, 1.54) is 28.7 Å². The third-order valence-electron chi connectivity index (χ3n) is 4.59. The molecule has 0 aliphatic carbocycles. The highest BCUT2D eigenvalue weighted by Gasteiger charge is 2.33. The molecular weight excluding hydrogens is 440 g/mol. The van der Waals surface area contributed by atoms with Crippen molar-refractivity contribution in [1.29, 1.82) is 0 Å². The average molecular weight is 463 g/mol. The molecule has 0 radical (unpaired) electrons. The lowest BCUT2D eigenvalue weighted by atomic mass is 10.1. The third kappa shape index (κ3) is 5.33. The van der Waals surface area contributed by atoms with Crippen molar-refractivity contribution in [2.24, 2.45) is 4.99 Å². The number of hydrogen-bond donors (Lipinski definition) is 0. The number of aliphatic imine (C=N–C) groups is 1. The first-order chi connectivity index (χ1) is 15.5. The van der Waals surface area contributed by atoms with Crippen LogP contribution in [0.1, 0.15) is 21.7 Å². The van der Waals surface area contributed by atoms with E-state index in [4.69, 9.17) is 4.74 Å². The van der Waals surface area contributed by atoms with Crippen molar-refractivity contribution >= 4 is 45.4 Å². The Labute approximate surface area is 195 Å². The number of amides is 1. The third-order valence-corrected chi connectivity index (χ3v) is 6.33. The summed E-state index contributed by atoms with van der Waals surface area (Å²) in [4.78, 5) is 19.7. The molecule has 4 rings (SSSR count). The summed E-state index contributed by atoms with van der Waals surface area (Å²) in [5.74, 6) is 0.636. The van der Waals surface area contributed by atoms with Crippen LogP contribution in [0.25, 0.3) is 6.08 Å². The molecule has 0 N–H and O–H groups in total. The zero-order valence-electron chi connectivity index (χ0n) is 17.8. The molecule has 3 aromatic rings. The number of thioether (sulfide) groups is 1. The van der Waals surface area contributed by atoms with Gasteiger partial charge >= 0.3 is 0 Å². The highest BCUT2D eigenvalue weighted by molar-refractivity contribution is 8.18. The molecule has 1 amide bonds. The summed E-state index contributed by atoms with van der Waals surface area (Å²) < 4.78 is 5.94. The quantitative estimate of drug-likeness (QED) is 0.341. The van der Waals surface area contributed by atoms with Crippen molar-refractivity contribution in [3.63, 3.8) is 0 Å². The average Bonchev–Trinajstić information content (AvgIpc) is 3.32. The fourth-order valence-electron chi connectivity index (χ4n) is 2.99. The summed E-state index contributed by atoms with van der Waals surface area (Å²) >= 11 is 2.71. The van der Waals surface area contributed by atoms with Crippen molar-refractivity contribution in [2.75, 3.05) is 6.54 Å². The largest absolute Gasteiger partial charge is 0.489 e. The van der Waals surface area contributed by atoms with E-state index in [1.807, 2.05) is 37.3 Å². The van der Waals surface area contributed by atoms with Crippen LogP contribution >= 0.6 is 23.1 Å². The van der Waals surface area contributed by atoms with E-state index in [-0.39, 0.29) is 5.91 Å². The van der Waals surface area contributed by atoms with Crippen molar-refractivity contribution in [1.82, 2.24) is 15.1 Å². The molecule has 0 saturated carbocycles. The molecule has 8 heteroatoms. The lowest BCUT2D eigenvalue weighted by molar-refractivity contribution is -0.121. The number of carbonyl (C=O) groups is 1. The van der Waals surface area contributed by atoms with Crippen molar-refractivity contribution in [2.45, 2.75) is 20.5 Å². The van der Waals surface area contributed by atoms with Crippen molar-refractivity contribution in [3.05, 3.63) is 87.8 Å². The van der Waals surface area contributed by atoms with Crippen LogP contribution in [-0.4, -0.2) is 32.7 Å². The van der Waals surface area contributed by atoms with Gasteiger partial charge in [0.25, 0.3) is 5.91 Å². The summed E-state index contributed by atoms with van der Waals surface area (Å²) in [7, 11) is 0. The normalized spacial score (nSPS) is 16.2. The van der Waals surface area contributed by atoms with E-state index in [9.17, 15) is 4.79 Å². The maximum Gasteiger partial charge on any atom is 0.267 e. The first-order valence-electron chi connectivity index (χ1n) is 10.0. The molecule has 32 heavy (non-hydrogen) atoms. The highest BCUT2D eigenvalue weighted by atomic mass is 32.2. The Bertz CT molecular complexity index is 1200. The smallest absolute Gasteiger partial charge is 0.267 e. The molecule has 162 valence electrons. The monoisotopic (exact) mass is 462 g/mol. The van der Waals surface area contributed by atoms with Gasteiger partial charge in [0, 0.05) is 6.54 Å². The van der Waals surface area contributed by atoms with E-state index in [0.29, 0.717) is 28.4 Å². The molecule has 0 unspecified atom stereocenters. The number of benzene rings is 2. The molecule has 1 aromatic heterocycles. The van der Waals surface area contributed by atoms with Gasteiger partial charge in [0.2, 0.25) is 5.13 Å². The number of carbonyl (C=O) groups excluding carboxylic acids is 1. The van der Waals surface area contributed by atoms with Crippen molar-refractivity contribution < 1.29 is 9.53 Å². The van der Waals surface area contributed by atoms with E-state index < -0.39 is 0 Å². The molecule has 2 aromatic carbocycles. The highest BCUT2D eigenvalue weighted by Crippen LogP contribution is 2.35. The van der Waals surface area contributed by atoms with E-state index >= 15 is 0 Å². The zero-order valence-corrected chi connectivity index (χ0v) is 19.4. The van der Waals surface area contributed by atoms with Crippen LogP contribution < -0.4 is 4.74 Å². The maximum absolute atomic E-state index is 13.0. The Balaban J connectivity index is 1.52. The number of rotatable bonds is 7. The van der Waals surface area contributed by atoms with E-state index in [1.54, 1.807) is 11.0 Å². The molecule has 0 atom stereocenters. The SMILES string of the molecule is C=CCN1C(=O)/C(=C/c2cccc(OCc3ccc(C)cc3)c2)S/C1=N/c1nnc(C)s1. The van der Waals surface area contributed by atoms with Gasteiger partial charge in [-0.25, -0.2) is 0 Å². The second kappa shape index (κ2) is 9.93. The standard InChI is InChI=1S/C24H22N4O2S2/c1-4-12-28-22(29)21(32-24(28)25-23-27-26-17(3)31-23)14-19-6-5-7-20(13-19)30-15-18-10-8-16(2)9-11-18/h4-11,13-14H,1,12,15H2,2-3H3/b21-14-,25-24+. The Morgan fingerprint density at radius 1 is 1.16 bits per heavy atom. The van der Waals surface area contributed by atoms with Gasteiger partial charge < -0.3 is 4.74 Å². The summed E-state index contributed by atoms with van der Waals surface area (Å²) in [6, 6.07) is 16.0. The number of amidine groups is 1. The zero-order chi connectivity index (χ0) is 22.5. The molecule has 1 aliphatic rings. The van der Waals surface area contributed by atoms with Gasteiger partial charge in [-0.2, -0.15) is 4.99 Å². The van der Waals surface area contributed by atoms with E-state index in [2.05, 4.69) is 53.0 Å². The Morgan fingerprint density at radius 2 is 1.97 bits per heavy atom. The minimum atomic E-state index is -0.110. The topological polar surface area (TPSA) is 67.7 Å². The fourth-order valence-corrected chi connectivity index (χ4v) is 4.60. The lowest BCUT2D eigenvalue weighted by Crippen LogP contribution is -2.29. The molecule has 0 spiro atoms. The molecular formula is C24H22N4O2S2. The Kier molecular flexibility index (Phi) is 6.82. The lowest BCUT2D eigenvalue weighted by Gasteiger charge is -2.11. The Morgan fingerprint density at radius 3 is 2.69 bits per heavy atom. The first kappa shape index (κ1) is 22.0. The number of aryl methyl sites for hydroxylation is 2. The number of ether oxygens (including phenoxy) is 1. The van der Waals surface area contributed by atoms with E-state index in [0.717, 1.165) is 21.9 Å². The molecule has 2 heterocycles. The number of nitrogens with zero attached hydrogens (tertiary/aromatic N) is 4. The van der Waals surface area contributed by atoms with Gasteiger partial charge in [-0.1, -0.05) is 59.4 Å². The molecule has 1 aliphatic heterocycles. The van der Waals surface area contributed by atoms with Crippen LogP contribution in [0, 0.1) is 13.8 Å². The molecule has 1 saturated heterocycles. The predicted molar refractivity (Wildman–Crippen MR) is 131 cm³/mol. The number of aromatic nitrogens is 2. The Hall–Kier alpha value is -3.23. The van der Waals surface area contributed by atoms with Gasteiger partial charge in [0.1, 0.15) is 17.4 Å². The number of hydrogen-bond acceptors (Lipinski definition) is 7. The minimum Gasteiger partial charge on any atom is -0.489 e. The van der Waals surface area contributed by atoms with Crippen LogP contribution in [0.3, 0.4) is 0 Å². The van der Waals surface area contributed by atoms with Gasteiger partial charge in [-0.15, -0.1) is 16.8 Å². The molecule has 1 fully saturated rings. The fraction of sp³-hybridized carbons (Fsp3) is 0.167. The summed E-state index contributed by atoms with van der Waals surface area (Å²) in [6.45, 7) is 8.55. The second-order valence-corrected chi connectivity index (χ2v) is 9.33. The minimum absolute atomic E-state index is 0.110. The van der Waals surface area contributed by atoms with Gasteiger partial charge in [0.15, 0.2) is 5.17 Å². The van der Waals surface area contributed by atoms with Crippen molar-refractivity contribution in [3.8, 4) is 5.75 Å². The maximum atomic E-state index is 13.0. The summed E-state index contributed by atoms with van der Waals surface area (Å²) in [5, 5.41) is 9.95. The molecule has 6 nitrogen and oxygen atoms in total. The molecule has 0 bridgehead atoms. The van der Waals surface area contributed by atoms with Crippen LogP contribution in [0.2, 0.25) is 0 Å².